The number of benzene rings is 2. The average molecular weight is 503 g/mol. The highest BCUT2D eigenvalue weighted by Gasteiger charge is 2.27. The molecule has 0 aliphatic carbocycles. The minimum Gasteiger partial charge on any atom is -0.497 e. The second-order valence-electron chi connectivity index (χ2n) is 9.46. The first-order chi connectivity index (χ1) is 16.7. The van der Waals surface area contributed by atoms with Crippen molar-refractivity contribution in [3.63, 3.8) is 0 Å². The Morgan fingerprint density at radius 3 is 2.29 bits per heavy atom. The Kier molecular flexibility index (Phi) is 9.57. The number of sulfonamides is 1. The molecule has 1 amide bonds. The van der Waals surface area contributed by atoms with Crippen molar-refractivity contribution in [2.45, 2.75) is 63.3 Å². The summed E-state index contributed by atoms with van der Waals surface area (Å²) >= 11 is 0. The lowest BCUT2D eigenvalue weighted by Gasteiger charge is -2.26. The van der Waals surface area contributed by atoms with Gasteiger partial charge in [0.15, 0.2) is 0 Å². The van der Waals surface area contributed by atoms with Crippen LogP contribution >= 0.6 is 0 Å². The minimum atomic E-state index is -3.56. The standard InChI is InChI=1S/C27H38N2O5S/c1-20(2)18-25(21-8-11-23(33-3)12-9-21)28-27(30)15-10-22-19-24(13-14-26(22)34-4)35(31,32)29-16-6-5-7-17-29/h8-9,11-14,19-20,25H,5-7,10,15-18H2,1-4H3,(H,28,30). The quantitative estimate of drug-likeness (QED) is 0.481. The van der Waals surface area contributed by atoms with Crippen LogP contribution < -0.4 is 14.8 Å². The van der Waals surface area contributed by atoms with Crippen LogP contribution in [0.3, 0.4) is 0 Å². The molecule has 0 radical (unpaired) electrons. The Bertz CT molecular complexity index is 1080. The highest BCUT2D eigenvalue weighted by Crippen LogP contribution is 2.28. The Morgan fingerprint density at radius 2 is 1.69 bits per heavy atom. The summed E-state index contributed by atoms with van der Waals surface area (Å²) in [4.78, 5) is 13.2. The summed E-state index contributed by atoms with van der Waals surface area (Å²) in [5.74, 6) is 1.68. The van der Waals surface area contributed by atoms with Crippen molar-refractivity contribution in [1.29, 1.82) is 0 Å². The average Bonchev–Trinajstić information content (AvgIpc) is 2.87. The number of piperidine rings is 1. The lowest BCUT2D eigenvalue weighted by Crippen LogP contribution is -2.35. The zero-order chi connectivity index (χ0) is 25.4. The molecule has 1 saturated heterocycles. The summed E-state index contributed by atoms with van der Waals surface area (Å²) in [7, 11) is -0.371. The number of nitrogens with one attached hydrogen (secondary N) is 1. The summed E-state index contributed by atoms with van der Waals surface area (Å²) in [6, 6.07) is 12.6. The molecule has 0 aromatic heterocycles. The highest BCUT2D eigenvalue weighted by atomic mass is 32.2. The molecule has 0 bridgehead atoms. The number of rotatable bonds is 11. The van der Waals surface area contributed by atoms with E-state index in [2.05, 4.69) is 19.2 Å². The van der Waals surface area contributed by atoms with Crippen molar-refractivity contribution in [2.75, 3.05) is 27.3 Å². The van der Waals surface area contributed by atoms with Gasteiger partial charge in [0.05, 0.1) is 25.2 Å². The fourth-order valence-electron chi connectivity index (χ4n) is 4.47. The second kappa shape index (κ2) is 12.4. The van der Waals surface area contributed by atoms with E-state index < -0.39 is 10.0 Å². The molecule has 8 heteroatoms. The number of ether oxygens (including phenoxy) is 2. The van der Waals surface area contributed by atoms with Gasteiger partial charge in [-0.15, -0.1) is 0 Å². The first-order valence-electron chi connectivity index (χ1n) is 12.3. The first-order valence-corrected chi connectivity index (χ1v) is 13.8. The lowest BCUT2D eigenvalue weighted by molar-refractivity contribution is -0.121. The zero-order valence-corrected chi connectivity index (χ0v) is 22.1. The maximum atomic E-state index is 13.1. The highest BCUT2D eigenvalue weighted by molar-refractivity contribution is 7.89. The van der Waals surface area contributed by atoms with Gasteiger partial charge in [0.25, 0.3) is 0 Å². The summed E-state index contributed by atoms with van der Waals surface area (Å²) in [6.07, 6.45) is 4.25. The Labute approximate surface area is 209 Å². The molecular weight excluding hydrogens is 464 g/mol. The maximum absolute atomic E-state index is 13.1. The molecule has 0 spiro atoms. The van der Waals surface area contributed by atoms with E-state index in [0.717, 1.165) is 37.0 Å². The molecule has 1 atom stereocenters. The van der Waals surface area contributed by atoms with Gasteiger partial charge in [-0.3, -0.25) is 4.79 Å². The third-order valence-electron chi connectivity index (χ3n) is 6.39. The summed E-state index contributed by atoms with van der Waals surface area (Å²) in [6.45, 7) is 5.35. The van der Waals surface area contributed by atoms with Crippen molar-refractivity contribution in [3.05, 3.63) is 53.6 Å². The largest absolute Gasteiger partial charge is 0.497 e. The topological polar surface area (TPSA) is 84.9 Å². The number of carbonyl (C=O) groups excluding carboxylic acids is 1. The van der Waals surface area contributed by atoms with Gasteiger partial charge >= 0.3 is 0 Å². The molecule has 2 aromatic carbocycles. The van der Waals surface area contributed by atoms with E-state index in [-0.39, 0.29) is 23.3 Å². The third-order valence-corrected chi connectivity index (χ3v) is 8.28. The van der Waals surface area contributed by atoms with E-state index in [1.807, 2.05) is 24.3 Å². The monoisotopic (exact) mass is 502 g/mol. The van der Waals surface area contributed by atoms with E-state index in [9.17, 15) is 13.2 Å². The number of carbonyl (C=O) groups is 1. The Morgan fingerprint density at radius 1 is 1.00 bits per heavy atom. The molecular formula is C27H38N2O5S. The first kappa shape index (κ1) is 27.0. The maximum Gasteiger partial charge on any atom is 0.243 e. The van der Waals surface area contributed by atoms with E-state index in [1.165, 1.54) is 0 Å². The number of aryl methyl sites for hydroxylation is 1. The number of nitrogens with zero attached hydrogens (tertiary/aromatic N) is 1. The smallest absolute Gasteiger partial charge is 0.243 e. The predicted octanol–water partition coefficient (Wildman–Crippen LogP) is 4.71. The summed E-state index contributed by atoms with van der Waals surface area (Å²) < 4.78 is 38.5. The van der Waals surface area contributed by atoms with Crippen molar-refractivity contribution in [2.24, 2.45) is 5.92 Å². The van der Waals surface area contributed by atoms with Crippen molar-refractivity contribution < 1.29 is 22.7 Å². The molecule has 192 valence electrons. The van der Waals surface area contributed by atoms with Gasteiger partial charge in [-0.2, -0.15) is 4.31 Å². The van der Waals surface area contributed by atoms with Crippen LogP contribution in [0, 0.1) is 5.92 Å². The van der Waals surface area contributed by atoms with Crippen LogP contribution in [-0.4, -0.2) is 45.9 Å². The number of amides is 1. The van der Waals surface area contributed by atoms with Gasteiger partial charge in [0.2, 0.25) is 15.9 Å². The zero-order valence-electron chi connectivity index (χ0n) is 21.2. The van der Waals surface area contributed by atoms with Gasteiger partial charge < -0.3 is 14.8 Å². The molecule has 1 N–H and O–H groups in total. The molecule has 3 rings (SSSR count). The van der Waals surface area contributed by atoms with Crippen LogP contribution in [0.25, 0.3) is 0 Å². The van der Waals surface area contributed by atoms with Crippen LogP contribution in [0.4, 0.5) is 0 Å². The fourth-order valence-corrected chi connectivity index (χ4v) is 6.03. The van der Waals surface area contributed by atoms with Gasteiger partial charge in [-0.1, -0.05) is 32.4 Å². The Balaban J connectivity index is 1.71. The van der Waals surface area contributed by atoms with E-state index in [0.29, 0.717) is 36.7 Å². The van der Waals surface area contributed by atoms with Crippen LogP contribution in [-0.2, 0) is 21.2 Å². The predicted molar refractivity (Wildman–Crippen MR) is 137 cm³/mol. The molecule has 0 saturated carbocycles. The minimum absolute atomic E-state index is 0.0854. The van der Waals surface area contributed by atoms with E-state index in [4.69, 9.17) is 9.47 Å². The van der Waals surface area contributed by atoms with Gasteiger partial charge in [0, 0.05) is 19.5 Å². The molecule has 1 aliphatic rings. The van der Waals surface area contributed by atoms with E-state index in [1.54, 1.807) is 36.7 Å². The van der Waals surface area contributed by atoms with Crippen LogP contribution in [0.2, 0.25) is 0 Å². The van der Waals surface area contributed by atoms with Gasteiger partial charge in [-0.05, 0) is 73.1 Å². The number of hydrogen-bond donors (Lipinski definition) is 1. The molecule has 35 heavy (non-hydrogen) atoms. The van der Waals surface area contributed by atoms with Gasteiger partial charge in [-0.25, -0.2) is 8.42 Å². The van der Waals surface area contributed by atoms with Crippen molar-refractivity contribution in [1.82, 2.24) is 9.62 Å². The summed E-state index contributed by atoms with van der Waals surface area (Å²) in [5.41, 5.74) is 1.74. The van der Waals surface area contributed by atoms with Crippen molar-refractivity contribution in [3.8, 4) is 11.5 Å². The van der Waals surface area contributed by atoms with Crippen LogP contribution in [0.5, 0.6) is 11.5 Å². The van der Waals surface area contributed by atoms with Crippen molar-refractivity contribution >= 4 is 15.9 Å². The second-order valence-corrected chi connectivity index (χ2v) is 11.4. The molecule has 7 nitrogen and oxygen atoms in total. The number of hydrogen-bond acceptors (Lipinski definition) is 5. The van der Waals surface area contributed by atoms with E-state index >= 15 is 0 Å². The molecule has 1 aliphatic heterocycles. The molecule has 1 heterocycles. The SMILES string of the molecule is COc1ccc(C(CC(C)C)NC(=O)CCc2cc(S(=O)(=O)N3CCCCC3)ccc2OC)cc1. The van der Waals surface area contributed by atoms with Crippen LogP contribution in [0.1, 0.15) is 63.1 Å². The summed E-state index contributed by atoms with van der Waals surface area (Å²) in [5, 5.41) is 3.16. The fraction of sp³-hybridized carbons (Fsp3) is 0.519. The molecule has 1 unspecified atom stereocenters. The molecule has 1 fully saturated rings. The third kappa shape index (κ3) is 7.21. The molecule has 2 aromatic rings. The van der Waals surface area contributed by atoms with Gasteiger partial charge in [0.1, 0.15) is 11.5 Å². The normalized spacial score (nSPS) is 15.6. The van der Waals surface area contributed by atoms with Crippen LogP contribution in [0.15, 0.2) is 47.4 Å². The lowest BCUT2D eigenvalue weighted by atomic mass is 9.96. The Hall–Kier alpha value is -2.58. The number of methoxy groups -OCH3 is 2.